The summed E-state index contributed by atoms with van der Waals surface area (Å²) >= 11 is 0. The molecule has 1 atom stereocenters. The molecule has 0 spiro atoms. The summed E-state index contributed by atoms with van der Waals surface area (Å²) in [6, 6.07) is 9.20. The first-order valence-corrected chi connectivity index (χ1v) is 10.3. The van der Waals surface area contributed by atoms with Crippen LogP contribution < -0.4 is 5.32 Å². The zero-order valence-electron chi connectivity index (χ0n) is 16.8. The molecule has 0 aliphatic carbocycles. The fourth-order valence-corrected chi connectivity index (χ4v) is 3.73. The van der Waals surface area contributed by atoms with Crippen LogP contribution in [0.5, 0.6) is 0 Å². The number of hydrogen-bond donors (Lipinski definition) is 1. The molecule has 0 aromatic heterocycles. The highest BCUT2D eigenvalue weighted by molar-refractivity contribution is 5.80. The van der Waals surface area contributed by atoms with E-state index in [1.54, 1.807) is 0 Å². The van der Waals surface area contributed by atoms with Gasteiger partial charge in [0.25, 0.3) is 0 Å². The van der Waals surface area contributed by atoms with Crippen molar-refractivity contribution in [3.8, 4) is 0 Å². The molecule has 1 N–H and O–H groups in total. The van der Waals surface area contributed by atoms with E-state index >= 15 is 0 Å². The van der Waals surface area contributed by atoms with Crippen LogP contribution in [0.3, 0.4) is 0 Å². The second kappa shape index (κ2) is 10.6. The van der Waals surface area contributed by atoms with Crippen molar-refractivity contribution in [3.63, 3.8) is 0 Å². The first-order valence-electron chi connectivity index (χ1n) is 10.3. The summed E-state index contributed by atoms with van der Waals surface area (Å²) in [7, 11) is 0. The van der Waals surface area contributed by atoms with Crippen molar-refractivity contribution >= 4 is 5.96 Å². The molecule has 0 bridgehead atoms. The molecule has 0 radical (unpaired) electrons. The molecule has 1 aromatic rings. The van der Waals surface area contributed by atoms with Crippen LogP contribution in [0.2, 0.25) is 0 Å². The van der Waals surface area contributed by atoms with Crippen molar-refractivity contribution in [2.75, 3.05) is 52.5 Å². The van der Waals surface area contributed by atoms with Gasteiger partial charge >= 0.3 is 0 Å². The highest BCUT2D eigenvalue weighted by atomic mass is 16.5. The van der Waals surface area contributed by atoms with Gasteiger partial charge in [-0.05, 0) is 31.4 Å². The number of aliphatic imine (C=N–C) groups is 1. The van der Waals surface area contributed by atoms with Crippen molar-refractivity contribution < 1.29 is 9.47 Å². The lowest BCUT2D eigenvalue weighted by Gasteiger charge is -2.32. The van der Waals surface area contributed by atoms with E-state index in [2.05, 4.69) is 46.3 Å². The lowest BCUT2D eigenvalue weighted by Crippen LogP contribution is -2.46. The Bertz CT molecular complexity index is 584. The molecule has 150 valence electrons. The Hall–Kier alpha value is -1.63. The summed E-state index contributed by atoms with van der Waals surface area (Å²) in [5.41, 5.74) is 2.44. The zero-order valence-corrected chi connectivity index (χ0v) is 16.8. The third-order valence-corrected chi connectivity index (χ3v) is 5.27. The van der Waals surface area contributed by atoms with Crippen molar-refractivity contribution in [2.24, 2.45) is 4.99 Å². The van der Waals surface area contributed by atoms with Crippen LogP contribution in [0.1, 0.15) is 31.4 Å². The lowest BCUT2D eigenvalue weighted by molar-refractivity contribution is 0.0195. The maximum atomic E-state index is 5.49. The van der Waals surface area contributed by atoms with Crippen molar-refractivity contribution in [3.05, 3.63) is 35.4 Å². The van der Waals surface area contributed by atoms with Crippen LogP contribution in [0.25, 0.3) is 0 Å². The van der Waals surface area contributed by atoms with Gasteiger partial charge in [-0.15, -0.1) is 0 Å². The van der Waals surface area contributed by atoms with Crippen molar-refractivity contribution in [2.45, 2.75) is 39.5 Å². The van der Waals surface area contributed by atoms with E-state index in [0.29, 0.717) is 19.2 Å². The quantitative estimate of drug-likeness (QED) is 0.585. The zero-order chi connectivity index (χ0) is 18.9. The number of morpholine rings is 1. The van der Waals surface area contributed by atoms with Crippen LogP contribution in [0, 0.1) is 0 Å². The maximum absolute atomic E-state index is 5.49. The van der Waals surface area contributed by atoms with Crippen LogP contribution >= 0.6 is 0 Å². The van der Waals surface area contributed by atoms with E-state index in [-0.39, 0.29) is 0 Å². The molecule has 27 heavy (non-hydrogen) atoms. The third kappa shape index (κ3) is 5.92. The molecule has 2 aliphatic heterocycles. The monoisotopic (exact) mass is 374 g/mol. The van der Waals surface area contributed by atoms with Gasteiger partial charge in [0, 0.05) is 45.4 Å². The molecule has 0 amide bonds. The number of rotatable bonds is 7. The fraction of sp³-hybridized carbons (Fsp3) is 0.667. The van der Waals surface area contributed by atoms with E-state index in [9.17, 15) is 0 Å². The van der Waals surface area contributed by atoms with Gasteiger partial charge in [0.15, 0.2) is 5.96 Å². The van der Waals surface area contributed by atoms with Crippen molar-refractivity contribution in [1.82, 2.24) is 15.1 Å². The smallest absolute Gasteiger partial charge is 0.194 e. The predicted molar refractivity (Wildman–Crippen MR) is 109 cm³/mol. The molecule has 1 aromatic carbocycles. The van der Waals surface area contributed by atoms with E-state index in [1.165, 1.54) is 17.5 Å². The average Bonchev–Trinajstić information content (AvgIpc) is 3.21. The Morgan fingerprint density at radius 3 is 2.59 bits per heavy atom. The second-order valence-corrected chi connectivity index (χ2v) is 7.16. The Labute approximate surface area is 163 Å². The molecular weight excluding hydrogens is 340 g/mol. The summed E-state index contributed by atoms with van der Waals surface area (Å²) in [6.07, 6.45) is 1.20. The Morgan fingerprint density at radius 1 is 1.15 bits per heavy atom. The van der Waals surface area contributed by atoms with Gasteiger partial charge in [0.2, 0.25) is 0 Å². The molecule has 6 nitrogen and oxygen atoms in total. The van der Waals surface area contributed by atoms with Gasteiger partial charge in [-0.3, -0.25) is 4.90 Å². The first kappa shape index (κ1) is 20.1. The minimum atomic E-state index is 0.621. The molecule has 2 fully saturated rings. The summed E-state index contributed by atoms with van der Waals surface area (Å²) in [4.78, 5) is 9.88. The standard InChI is InChI=1S/C21H34N4O2/c1-3-22-21(23-15-18-5-7-19(8-6-18)17-26-4-2)25-10-9-20(16-25)24-11-13-27-14-12-24/h5-8,20H,3-4,9-17H2,1-2H3,(H,22,23). The summed E-state index contributed by atoms with van der Waals surface area (Å²) in [5, 5.41) is 3.47. The topological polar surface area (TPSA) is 49.3 Å². The van der Waals surface area contributed by atoms with Gasteiger partial charge in [0.05, 0.1) is 26.4 Å². The van der Waals surface area contributed by atoms with Gasteiger partial charge in [-0.2, -0.15) is 0 Å². The van der Waals surface area contributed by atoms with Crippen molar-refractivity contribution in [1.29, 1.82) is 0 Å². The van der Waals surface area contributed by atoms with Crippen LogP contribution in [-0.4, -0.2) is 74.3 Å². The molecule has 2 saturated heterocycles. The number of benzene rings is 1. The third-order valence-electron chi connectivity index (χ3n) is 5.27. The SMILES string of the molecule is CCNC(=NCc1ccc(COCC)cc1)N1CCC(N2CCOCC2)C1. The van der Waals surface area contributed by atoms with Gasteiger partial charge in [-0.1, -0.05) is 24.3 Å². The van der Waals surface area contributed by atoms with Crippen LogP contribution in [0.4, 0.5) is 0 Å². The number of nitrogens with one attached hydrogen (secondary N) is 1. The Balaban J connectivity index is 1.56. The molecule has 6 heteroatoms. The molecule has 2 aliphatic rings. The normalized spacial score (nSPS) is 21.6. The number of guanidine groups is 1. The minimum Gasteiger partial charge on any atom is -0.379 e. The average molecular weight is 375 g/mol. The predicted octanol–water partition coefficient (Wildman–Crippen LogP) is 2.10. The van der Waals surface area contributed by atoms with E-state index in [4.69, 9.17) is 14.5 Å². The number of likely N-dealkylation sites (tertiary alicyclic amines) is 1. The second-order valence-electron chi connectivity index (χ2n) is 7.16. The Morgan fingerprint density at radius 2 is 1.89 bits per heavy atom. The highest BCUT2D eigenvalue weighted by Crippen LogP contribution is 2.17. The molecule has 0 saturated carbocycles. The van der Waals surface area contributed by atoms with Crippen LogP contribution in [-0.2, 0) is 22.6 Å². The van der Waals surface area contributed by atoms with E-state index in [0.717, 1.165) is 58.5 Å². The fourth-order valence-electron chi connectivity index (χ4n) is 3.73. The summed E-state index contributed by atoms with van der Waals surface area (Å²) in [6.45, 7) is 13.1. The van der Waals surface area contributed by atoms with Gasteiger partial charge < -0.3 is 19.7 Å². The summed E-state index contributed by atoms with van der Waals surface area (Å²) < 4.78 is 11.0. The van der Waals surface area contributed by atoms with Gasteiger partial charge in [-0.25, -0.2) is 4.99 Å². The van der Waals surface area contributed by atoms with Gasteiger partial charge in [0.1, 0.15) is 0 Å². The molecule has 1 unspecified atom stereocenters. The molecule has 3 rings (SSSR count). The van der Waals surface area contributed by atoms with Crippen LogP contribution in [0.15, 0.2) is 29.3 Å². The molecule has 2 heterocycles. The lowest BCUT2D eigenvalue weighted by atomic mass is 10.1. The maximum Gasteiger partial charge on any atom is 0.194 e. The molecular formula is C21H34N4O2. The minimum absolute atomic E-state index is 0.621. The van der Waals surface area contributed by atoms with E-state index < -0.39 is 0 Å². The summed E-state index contributed by atoms with van der Waals surface area (Å²) in [5.74, 6) is 1.03. The highest BCUT2D eigenvalue weighted by Gasteiger charge is 2.30. The number of nitrogens with zero attached hydrogens (tertiary/aromatic N) is 3. The number of ether oxygens (including phenoxy) is 2. The Kier molecular flexibility index (Phi) is 7.93. The van der Waals surface area contributed by atoms with E-state index in [1.807, 2.05) is 6.92 Å². The number of hydrogen-bond acceptors (Lipinski definition) is 4. The first-order chi connectivity index (χ1) is 13.3. The largest absolute Gasteiger partial charge is 0.379 e.